The molecule has 0 spiro atoms. The molecule has 0 aliphatic heterocycles. The summed E-state index contributed by atoms with van der Waals surface area (Å²) in [5.41, 5.74) is 0.604. The molecule has 29 heavy (non-hydrogen) atoms. The molecule has 0 atom stereocenters. The molecule has 0 aliphatic carbocycles. The molecule has 0 heterocycles. The normalized spacial score (nSPS) is 9.62. The lowest BCUT2D eigenvalue weighted by molar-refractivity contribution is 0.533. The first kappa shape index (κ1) is 29.8. The van der Waals surface area contributed by atoms with Crippen LogP contribution in [-0.2, 0) is 9.59 Å². The standard InChI is InChI=1S/C18H37.C7H5O.C2H3O/c1-3-5-7-9-11-13-15-17-18-16-14-12-10-8-6-4-2;8-6-7-4-2-1-3-5-7;1-2-3/h1,3-18H2,2H3;1-5H;1H3. The van der Waals surface area contributed by atoms with Gasteiger partial charge in [-0.25, -0.2) is 0 Å². The van der Waals surface area contributed by atoms with Gasteiger partial charge in [0.15, 0.2) is 6.29 Å². The van der Waals surface area contributed by atoms with Crippen molar-refractivity contribution in [3.05, 3.63) is 42.8 Å². The molecule has 0 aromatic heterocycles. The van der Waals surface area contributed by atoms with Crippen LogP contribution in [0.4, 0.5) is 0 Å². The first-order chi connectivity index (χ1) is 14.3. The van der Waals surface area contributed by atoms with E-state index in [1.54, 1.807) is 30.6 Å². The van der Waals surface area contributed by atoms with Gasteiger partial charge in [0.1, 0.15) is 0 Å². The molecule has 0 bridgehead atoms. The molecule has 1 aromatic rings. The van der Waals surface area contributed by atoms with Crippen LogP contribution >= 0.6 is 0 Å². The van der Waals surface area contributed by atoms with Crippen molar-refractivity contribution in [1.29, 1.82) is 0 Å². The van der Waals surface area contributed by atoms with Crippen LogP contribution in [0.3, 0.4) is 0 Å². The molecular formula is C27H45O2. The van der Waals surface area contributed by atoms with E-state index in [0.29, 0.717) is 5.56 Å². The summed E-state index contributed by atoms with van der Waals surface area (Å²) < 4.78 is 0. The molecule has 1 rings (SSSR count). The van der Waals surface area contributed by atoms with Crippen LogP contribution in [0.1, 0.15) is 122 Å². The summed E-state index contributed by atoms with van der Waals surface area (Å²) in [6.07, 6.45) is 26.1. The Hall–Kier alpha value is -1.44. The molecule has 165 valence electrons. The number of rotatable bonds is 16. The van der Waals surface area contributed by atoms with Crippen molar-refractivity contribution >= 4 is 12.6 Å². The van der Waals surface area contributed by atoms with E-state index in [1.807, 2.05) is 6.07 Å². The lowest BCUT2D eigenvalue weighted by atomic mass is 10.0. The molecule has 0 N–H and O–H groups in total. The maximum absolute atomic E-state index is 9.88. The van der Waals surface area contributed by atoms with E-state index >= 15 is 0 Å². The third-order valence-electron chi connectivity index (χ3n) is 4.75. The van der Waals surface area contributed by atoms with Crippen LogP contribution < -0.4 is 0 Å². The summed E-state index contributed by atoms with van der Waals surface area (Å²) >= 11 is 0. The maximum Gasteiger partial charge on any atom is 0.233 e. The minimum Gasteiger partial charge on any atom is -0.291 e. The van der Waals surface area contributed by atoms with Gasteiger partial charge in [0.2, 0.25) is 6.29 Å². The van der Waals surface area contributed by atoms with Crippen molar-refractivity contribution in [3.8, 4) is 0 Å². The molecule has 0 aliphatic rings. The summed E-state index contributed by atoms with van der Waals surface area (Å²) in [6.45, 7) is 7.50. The monoisotopic (exact) mass is 401 g/mol. The highest BCUT2D eigenvalue weighted by molar-refractivity contribution is 5.74. The minimum absolute atomic E-state index is 0.604. The second-order valence-corrected chi connectivity index (χ2v) is 7.48. The number of hydrogen-bond acceptors (Lipinski definition) is 2. The first-order valence-corrected chi connectivity index (χ1v) is 11.8. The number of hydrogen-bond donors (Lipinski definition) is 0. The quantitative estimate of drug-likeness (QED) is 0.261. The average Bonchev–Trinajstić information content (AvgIpc) is 2.75. The molecule has 0 amide bonds. The summed E-state index contributed by atoms with van der Waals surface area (Å²) in [7, 11) is 0. The molecule has 2 heteroatoms. The molecule has 0 saturated heterocycles. The van der Waals surface area contributed by atoms with Crippen molar-refractivity contribution < 1.29 is 9.59 Å². The van der Waals surface area contributed by atoms with Crippen LogP contribution in [0.25, 0.3) is 0 Å². The minimum atomic E-state index is 0.604. The highest BCUT2D eigenvalue weighted by Crippen LogP contribution is 2.13. The second-order valence-electron chi connectivity index (χ2n) is 7.48. The van der Waals surface area contributed by atoms with E-state index in [2.05, 4.69) is 13.8 Å². The zero-order valence-electron chi connectivity index (χ0n) is 19.2. The molecule has 1 aromatic carbocycles. The molecule has 0 saturated carbocycles. The third kappa shape index (κ3) is 28.9. The highest BCUT2D eigenvalue weighted by atomic mass is 16.1. The lowest BCUT2D eigenvalue weighted by Gasteiger charge is -2.03. The van der Waals surface area contributed by atoms with Crippen molar-refractivity contribution in [3.63, 3.8) is 0 Å². The van der Waals surface area contributed by atoms with Gasteiger partial charge < -0.3 is 0 Å². The topological polar surface area (TPSA) is 34.1 Å². The van der Waals surface area contributed by atoms with Gasteiger partial charge >= 0.3 is 0 Å². The maximum atomic E-state index is 9.88. The van der Waals surface area contributed by atoms with Crippen molar-refractivity contribution in [2.45, 2.75) is 117 Å². The predicted octanol–water partition coefficient (Wildman–Crippen LogP) is 8.34. The predicted molar refractivity (Wildman–Crippen MR) is 128 cm³/mol. The second kappa shape index (κ2) is 28.8. The first-order valence-electron chi connectivity index (χ1n) is 11.8. The zero-order valence-corrected chi connectivity index (χ0v) is 19.2. The fourth-order valence-electron chi connectivity index (χ4n) is 3.05. The van der Waals surface area contributed by atoms with Crippen molar-refractivity contribution in [1.82, 2.24) is 0 Å². The van der Waals surface area contributed by atoms with Gasteiger partial charge in [-0.1, -0.05) is 147 Å². The molecule has 3 radical (unpaired) electrons. The van der Waals surface area contributed by atoms with Crippen molar-refractivity contribution in [2.75, 3.05) is 0 Å². The highest BCUT2D eigenvalue weighted by Gasteiger charge is 1.93. The van der Waals surface area contributed by atoms with E-state index in [4.69, 9.17) is 4.79 Å². The Balaban J connectivity index is 0. The van der Waals surface area contributed by atoms with Gasteiger partial charge in [0.25, 0.3) is 0 Å². The van der Waals surface area contributed by atoms with Gasteiger partial charge in [0.05, 0.1) is 0 Å². The van der Waals surface area contributed by atoms with E-state index < -0.39 is 0 Å². The Morgan fingerprint density at radius 1 is 0.655 bits per heavy atom. The van der Waals surface area contributed by atoms with E-state index in [9.17, 15) is 4.79 Å². The fourth-order valence-corrected chi connectivity index (χ4v) is 3.05. The van der Waals surface area contributed by atoms with Gasteiger partial charge in [-0.2, -0.15) is 0 Å². The molecule has 2 nitrogen and oxygen atoms in total. The van der Waals surface area contributed by atoms with Crippen LogP contribution in [0.15, 0.2) is 30.3 Å². The average molecular weight is 402 g/mol. The van der Waals surface area contributed by atoms with Crippen LogP contribution in [0.2, 0.25) is 0 Å². The lowest BCUT2D eigenvalue weighted by Crippen LogP contribution is -1.83. The van der Waals surface area contributed by atoms with Gasteiger partial charge in [-0.15, -0.1) is 0 Å². The van der Waals surface area contributed by atoms with E-state index in [-0.39, 0.29) is 0 Å². The number of carbonyl (C=O) groups excluding carboxylic acids is 2. The third-order valence-corrected chi connectivity index (χ3v) is 4.75. The number of unbranched alkanes of at least 4 members (excludes halogenated alkanes) is 15. The number of benzene rings is 1. The van der Waals surface area contributed by atoms with Crippen LogP contribution in [0.5, 0.6) is 0 Å². The van der Waals surface area contributed by atoms with E-state index in [0.717, 1.165) is 6.42 Å². The fraction of sp³-hybridized carbons (Fsp3) is 0.667. The van der Waals surface area contributed by atoms with Gasteiger partial charge in [0, 0.05) is 12.5 Å². The van der Waals surface area contributed by atoms with Crippen molar-refractivity contribution in [2.24, 2.45) is 0 Å². The van der Waals surface area contributed by atoms with Gasteiger partial charge in [-0.05, 0) is 0 Å². The Kier molecular flexibility index (Phi) is 29.5. The molecule has 0 fully saturated rings. The zero-order chi connectivity index (χ0) is 21.8. The van der Waals surface area contributed by atoms with Crippen LogP contribution in [0, 0.1) is 6.92 Å². The Morgan fingerprint density at radius 2 is 1.00 bits per heavy atom. The Labute approximate surface area is 181 Å². The summed E-state index contributed by atoms with van der Waals surface area (Å²) in [5, 5.41) is 0. The SMILES string of the molecule is C[C]=O.O=[C]c1ccccc1.[CH2]CCCCCCCCCCCCCCCCC. The van der Waals surface area contributed by atoms with Crippen LogP contribution in [-0.4, -0.2) is 12.6 Å². The smallest absolute Gasteiger partial charge is 0.233 e. The largest absolute Gasteiger partial charge is 0.291 e. The molecule has 0 unspecified atom stereocenters. The van der Waals surface area contributed by atoms with E-state index in [1.165, 1.54) is 110 Å². The summed E-state index contributed by atoms with van der Waals surface area (Å²) in [5.74, 6) is 0. The summed E-state index contributed by atoms with van der Waals surface area (Å²) in [4.78, 5) is 18.6. The van der Waals surface area contributed by atoms with Gasteiger partial charge in [-0.3, -0.25) is 9.59 Å². The Bertz CT molecular complexity index is 398. The molecular weight excluding hydrogens is 356 g/mol. The Morgan fingerprint density at radius 3 is 1.28 bits per heavy atom. The summed E-state index contributed by atoms with van der Waals surface area (Å²) in [6, 6.07) is 8.90.